The van der Waals surface area contributed by atoms with Crippen molar-refractivity contribution in [2.75, 3.05) is 26.0 Å². The maximum Gasteiger partial charge on any atom is 0.339 e. The summed E-state index contributed by atoms with van der Waals surface area (Å²) in [5.41, 5.74) is 1.33. The molecule has 0 spiro atoms. The first-order valence-corrected chi connectivity index (χ1v) is 10.1. The molecular formula is C20H24N2O5S. The number of benzene rings is 2. The highest BCUT2D eigenvalue weighted by Gasteiger charge is 2.25. The number of ether oxygens (including phenoxy) is 1. The number of sulfonamides is 1. The van der Waals surface area contributed by atoms with Gasteiger partial charge in [0, 0.05) is 26.8 Å². The quantitative estimate of drug-likeness (QED) is 0.691. The molecule has 0 bridgehead atoms. The monoisotopic (exact) mass is 404 g/mol. The van der Waals surface area contributed by atoms with Gasteiger partial charge in [-0.25, -0.2) is 17.5 Å². The van der Waals surface area contributed by atoms with Gasteiger partial charge in [0.1, 0.15) is 0 Å². The minimum atomic E-state index is -3.69. The van der Waals surface area contributed by atoms with Crippen LogP contribution in [0.15, 0.2) is 53.4 Å². The zero-order valence-electron chi connectivity index (χ0n) is 16.5. The third kappa shape index (κ3) is 4.58. The molecule has 2 rings (SSSR count). The molecule has 1 amide bonds. The second-order valence-electron chi connectivity index (χ2n) is 6.54. The minimum absolute atomic E-state index is 0.0181. The van der Waals surface area contributed by atoms with Gasteiger partial charge in [-0.15, -0.1) is 0 Å². The van der Waals surface area contributed by atoms with Crippen molar-refractivity contribution in [1.29, 1.82) is 0 Å². The summed E-state index contributed by atoms with van der Waals surface area (Å²) in [5, 5.41) is 0. The van der Waals surface area contributed by atoms with Crippen LogP contribution in [0.3, 0.4) is 0 Å². The van der Waals surface area contributed by atoms with E-state index in [2.05, 4.69) is 0 Å². The van der Waals surface area contributed by atoms with Crippen LogP contribution in [0.4, 0.5) is 5.69 Å². The largest absolute Gasteiger partial charge is 0.449 e. The SMILES string of the molecule is Cc1ccc(S(=O)(=O)N(C)C)cc1C(=O)O[C@@H](C)C(=O)N(C)c1ccccc1. The number of aryl methyl sites for hydroxylation is 1. The topological polar surface area (TPSA) is 84.0 Å². The van der Waals surface area contributed by atoms with Crippen LogP contribution >= 0.6 is 0 Å². The molecule has 0 aliphatic carbocycles. The number of hydrogen-bond acceptors (Lipinski definition) is 5. The third-order valence-electron chi connectivity index (χ3n) is 4.31. The molecule has 0 aliphatic rings. The third-order valence-corrected chi connectivity index (χ3v) is 6.12. The first kappa shape index (κ1) is 21.6. The number of rotatable bonds is 6. The lowest BCUT2D eigenvalue weighted by Crippen LogP contribution is -2.37. The van der Waals surface area contributed by atoms with Crippen LogP contribution in [0.2, 0.25) is 0 Å². The smallest absolute Gasteiger partial charge is 0.339 e. The van der Waals surface area contributed by atoms with E-state index >= 15 is 0 Å². The molecule has 0 fully saturated rings. The normalized spacial score (nSPS) is 12.5. The van der Waals surface area contributed by atoms with E-state index in [1.807, 2.05) is 6.07 Å². The Morgan fingerprint density at radius 3 is 2.18 bits per heavy atom. The minimum Gasteiger partial charge on any atom is -0.449 e. The van der Waals surface area contributed by atoms with Crippen LogP contribution in [0.5, 0.6) is 0 Å². The van der Waals surface area contributed by atoms with Crippen LogP contribution in [-0.4, -0.2) is 51.8 Å². The molecule has 7 nitrogen and oxygen atoms in total. The molecule has 0 saturated carbocycles. The predicted octanol–water partition coefficient (Wildman–Crippen LogP) is 2.45. The molecule has 2 aromatic carbocycles. The van der Waals surface area contributed by atoms with Crippen molar-refractivity contribution in [3.63, 3.8) is 0 Å². The van der Waals surface area contributed by atoms with Gasteiger partial charge in [-0.1, -0.05) is 24.3 Å². The van der Waals surface area contributed by atoms with E-state index in [1.165, 1.54) is 44.1 Å². The Hall–Kier alpha value is -2.71. The molecule has 2 aromatic rings. The molecule has 0 saturated heterocycles. The maximum absolute atomic E-state index is 12.6. The molecule has 0 unspecified atom stereocenters. The summed E-state index contributed by atoms with van der Waals surface area (Å²) >= 11 is 0. The average molecular weight is 404 g/mol. The summed E-state index contributed by atoms with van der Waals surface area (Å²) in [6.45, 7) is 3.15. The lowest BCUT2D eigenvalue weighted by Gasteiger charge is -2.22. The highest BCUT2D eigenvalue weighted by Crippen LogP contribution is 2.20. The number of hydrogen-bond donors (Lipinski definition) is 0. The van der Waals surface area contributed by atoms with Gasteiger partial charge >= 0.3 is 5.97 Å². The van der Waals surface area contributed by atoms with Crippen molar-refractivity contribution < 1.29 is 22.7 Å². The number of nitrogens with zero attached hydrogens (tertiary/aromatic N) is 2. The standard InChI is InChI=1S/C20H24N2O5S/c1-14-11-12-17(28(25,26)21(3)4)13-18(14)20(24)27-15(2)19(23)22(5)16-9-7-6-8-10-16/h6-13,15H,1-5H3/t15-/m0/s1. The number of anilines is 1. The fraction of sp³-hybridized carbons (Fsp3) is 0.300. The summed E-state index contributed by atoms with van der Waals surface area (Å²) < 4.78 is 31.0. The van der Waals surface area contributed by atoms with E-state index in [0.717, 1.165) is 4.31 Å². The van der Waals surface area contributed by atoms with Gasteiger partial charge < -0.3 is 9.64 Å². The number of likely N-dealkylation sites (N-methyl/N-ethyl adjacent to an activating group) is 1. The van der Waals surface area contributed by atoms with Gasteiger partial charge in [0.2, 0.25) is 10.0 Å². The molecule has 0 N–H and O–H groups in total. The number of esters is 1. The second kappa shape index (κ2) is 8.53. The summed E-state index contributed by atoms with van der Waals surface area (Å²) in [6, 6.07) is 13.2. The highest BCUT2D eigenvalue weighted by molar-refractivity contribution is 7.89. The van der Waals surface area contributed by atoms with Crippen molar-refractivity contribution in [3.05, 3.63) is 59.7 Å². The average Bonchev–Trinajstić information content (AvgIpc) is 2.67. The Balaban J connectivity index is 2.21. The van der Waals surface area contributed by atoms with E-state index in [4.69, 9.17) is 4.74 Å². The van der Waals surface area contributed by atoms with Gasteiger partial charge in [-0.3, -0.25) is 4.79 Å². The first-order chi connectivity index (χ1) is 13.1. The van der Waals surface area contributed by atoms with Gasteiger partial charge in [-0.2, -0.15) is 0 Å². The van der Waals surface area contributed by atoms with Crippen molar-refractivity contribution in [2.45, 2.75) is 24.8 Å². The lowest BCUT2D eigenvalue weighted by atomic mass is 10.1. The zero-order chi connectivity index (χ0) is 21.1. The Morgan fingerprint density at radius 2 is 1.61 bits per heavy atom. The van der Waals surface area contributed by atoms with E-state index in [9.17, 15) is 18.0 Å². The molecule has 8 heteroatoms. The van der Waals surface area contributed by atoms with E-state index < -0.39 is 28.0 Å². The molecule has 0 aliphatic heterocycles. The predicted molar refractivity (Wildman–Crippen MR) is 107 cm³/mol. The molecule has 0 heterocycles. The molecule has 28 heavy (non-hydrogen) atoms. The van der Waals surface area contributed by atoms with E-state index in [1.54, 1.807) is 38.2 Å². The number of amides is 1. The summed E-state index contributed by atoms with van der Waals surface area (Å²) in [5.74, 6) is -1.15. The van der Waals surface area contributed by atoms with Gasteiger partial charge in [-0.05, 0) is 43.7 Å². The molecule has 150 valence electrons. The highest BCUT2D eigenvalue weighted by atomic mass is 32.2. The van der Waals surface area contributed by atoms with Crippen LogP contribution < -0.4 is 4.90 Å². The molecule has 0 aromatic heterocycles. The zero-order valence-corrected chi connectivity index (χ0v) is 17.4. The molecular weight excluding hydrogens is 380 g/mol. The number of carbonyl (C=O) groups is 2. The van der Waals surface area contributed by atoms with Crippen molar-refractivity contribution >= 4 is 27.6 Å². The summed E-state index contributed by atoms with van der Waals surface area (Å²) in [4.78, 5) is 26.5. The second-order valence-corrected chi connectivity index (χ2v) is 8.70. The van der Waals surface area contributed by atoms with Crippen molar-refractivity contribution in [2.24, 2.45) is 0 Å². The first-order valence-electron chi connectivity index (χ1n) is 8.62. The van der Waals surface area contributed by atoms with E-state index in [-0.39, 0.29) is 10.5 Å². The Kier molecular flexibility index (Phi) is 6.58. The Bertz CT molecular complexity index is 971. The Labute approximate surface area is 165 Å². The van der Waals surface area contributed by atoms with Crippen LogP contribution in [0.25, 0.3) is 0 Å². The summed E-state index contributed by atoms with van der Waals surface area (Å²) in [7, 11) is 0.721. The van der Waals surface area contributed by atoms with Crippen LogP contribution in [-0.2, 0) is 19.6 Å². The number of carbonyl (C=O) groups excluding carboxylic acids is 2. The van der Waals surface area contributed by atoms with Crippen LogP contribution in [0, 0.1) is 6.92 Å². The Morgan fingerprint density at radius 1 is 1.00 bits per heavy atom. The fourth-order valence-electron chi connectivity index (χ4n) is 2.52. The van der Waals surface area contributed by atoms with Crippen LogP contribution in [0.1, 0.15) is 22.8 Å². The van der Waals surface area contributed by atoms with Gasteiger partial charge in [0.25, 0.3) is 5.91 Å². The van der Waals surface area contributed by atoms with Gasteiger partial charge in [0.05, 0.1) is 10.5 Å². The molecule has 0 radical (unpaired) electrons. The maximum atomic E-state index is 12.6. The lowest BCUT2D eigenvalue weighted by molar-refractivity contribution is -0.126. The van der Waals surface area contributed by atoms with Gasteiger partial charge in [0.15, 0.2) is 6.10 Å². The summed E-state index contributed by atoms with van der Waals surface area (Å²) in [6.07, 6.45) is -1.04. The number of para-hydroxylation sites is 1. The van der Waals surface area contributed by atoms with E-state index in [0.29, 0.717) is 11.3 Å². The fourth-order valence-corrected chi connectivity index (χ4v) is 3.45. The molecule has 1 atom stereocenters. The van der Waals surface area contributed by atoms with Crippen molar-refractivity contribution in [3.8, 4) is 0 Å². The van der Waals surface area contributed by atoms with Crippen molar-refractivity contribution in [1.82, 2.24) is 4.31 Å².